The highest BCUT2D eigenvalue weighted by Crippen LogP contribution is 1.78. The second-order valence-electron chi connectivity index (χ2n) is 0.869. The summed E-state index contributed by atoms with van der Waals surface area (Å²) in [6.07, 6.45) is 0. The number of nitrogens with zero attached hydrogens (tertiary/aromatic N) is 1. The van der Waals surface area contributed by atoms with E-state index in [0.717, 1.165) is 0 Å². The van der Waals surface area contributed by atoms with Crippen molar-refractivity contribution in [2.45, 2.75) is 0 Å². The molecular formula is CH4N2O3S. The molecule has 7 heavy (non-hydrogen) atoms. The summed E-state index contributed by atoms with van der Waals surface area (Å²) in [5.74, 6) is -0.840. The smallest absolute Gasteiger partial charge is 0.284 e. The lowest BCUT2D eigenvalue weighted by molar-refractivity contribution is 0.482. The molecule has 0 unspecified atom stereocenters. The van der Waals surface area contributed by atoms with Crippen LogP contribution in [-0.2, 0) is 10.1 Å². The van der Waals surface area contributed by atoms with E-state index in [4.69, 9.17) is 10.1 Å². The standard InChI is InChI=1S/CH4N2O3S/c2-3-1-7(4,5)6/h2H,1H2,(H,4,5,6). The van der Waals surface area contributed by atoms with E-state index in [1.807, 2.05) is 0 Å². The summed E-state index contributed by atoms with van der Waals surface area (Å²) in [6, 6.07) is 0. The first kappa shape index (κ1) is 6.51. The maximum Gasteiger partial charge on any atom is 0.287 e. The number of nitrogens with one attached hydrogen (secondary N) is 1. The normalized spacial score (nSPS) is 11.0. The Balaban J connectivity index is 3.84. The van der Waals surface area contributed by atoms with Crippen LogP contribution in [0.2, 0.25) is 0 Å². The zero-order chi connectivity index (χ0) is 5.91. The van der Waals surface area contributed by atoms with Gasteiger partial charge in [-0.15, -0.1) is 0 Å². The van der Waals surface area contributed by atoms with Gasteiger partial charge in [0.15, 0.2) is 5.88 Å². The fourth-order valence-electron chi connectivity index (χ4n) is 0.0816. The van der Waals surface area contributed by atoms with Crippen molar-refractivity contribution in [3.8, 4) is 0 Å². The Morgan fingerprint density at radius 1 is 1.71 bits per heavy atom. The van der Waals surface area contributed by atoms with Crippen LogP contribution in [-0.4, -0.2) is 18.8 Å². The summed E-state index contributed by atoms with van der Waals surface area (Å²) in [6.45, 7) is 0. The van der Waals surface area contributed by atoms with Gasteiger partial charge in [-0.05, 0) is 0 Å². The third kappa shape index (κ3) is 5.51. The average Bonchev–Trinajstić information content (AvgIpc) is 1.30. The molecule has 0 atom stereocenters. The van der Waals surface area contributed by atoms with Crippen LogP contribution in [0.1, 0.15) is 0 Å². The zero-order valence-corrected chi connectivity index (χ0v) is 4.14. The summed E-state index contributed by atoms with van der Waals surface area (Å²) in [5, 5.41) is 2.42. The Labute approximate surface area is 40.6 Å². The van der Waals surface area contributed by atoms with E-state index >= 15 is 0 Å². The lowest BCUT2D eigenvalue weighted by Crippen LogP contribution is -1.99. The Morgan fingerprint density at radius 3 is 2.14 bits per heavy atom. The van der Waals surface area contributed by atoms with Crippen LogP contribution in [0.15, 0.2) is 5.11 Å². The SMILES string of the molecule is N=NCS(=O)(=O)O. The van der Waals surface area contributed by atoms with Gasteiger partial charge in [0, 0.05) is 0 Å². The Kier molecular flexibility index (Phi) is 1.85. The van der Waals surface area contributed by atoms with Crippen LogP contribution in [0.3, 0.4) is 0 Å². The third-order valence-electron chi connectivity index (χ3n) is 0.228. The van der Waals surface area contributed by atoms with Crippen molar-refractivity contribution in [1.29, 1.82) is 5.53 Å². The monoisotopic (exact) mass is 124 g/mol. The molecule has 5 nitrogen and oxygen atoms in total. The van der Waals surface area contributed by atoms with E-state index in [2.05, 4.69) is 5.11 Å². The second kappa shape index (κ2) is 1.99. The van der Waals surface area contributed by atoms with E-state index in [9.17, 15) is 8.42 Å². The molecule has 0 saturated heterocycles. The molecule has 0 saturated carbocycles. The number of hydrogen-bond acceptors (Lipinski definition) is 4. The van der Waals surface area contributed by atoms with E-state index in [-0.39, 0.29) is 0 Å². The van der Waals surface area contributed by atoms with Crippen LogP contribution in [0, 0.1) is 5.53 Å². The van der Waals surface area contributed by atoms with E-state index in [0.29, 0.717) is 0 Å². The first-order valence-corrected chi connectivity index (χ1v) is 2.95. The molecule has 0 amide bonds. The fourth-order valence-corrected chi connectivity index (χ4v) is 0.245. The topological polar surface area (TPSA) is 90.6 Å². The van der Waals surface area contributed by atoms with Gasteiger partial charge in [0.25, 0.3) is 10.1 Å². The molecule has 0 heterocycles. The molecule has 0 radical (unpaired) electrons. The summed E-state index contributed by atoms with van der Waals surface area (Å²) in [5.41, 5.74) is 5.94. The average molecular weight is 124 g/mol. The summed E-state index contributed by atoms with van der Waals surface area (Å²) >= 11 is 0. The molecule has 2 N–H and O–H groups in total. The first-order chi connectivity index (χ1) is 3.06. The van der Waals surface area contributed by atoms with Gasteiger partial charge < -0.3 is 0 Å². The maximum absolute atomic E-state index is 9.57. The van der Waals surface area contributed by atoms with Crippen molar-refractivity contribution >= 4 is 10.1 Å². The highest BCUT2D eigenvalue weighted by Gasteiger charge is 1.98. The first-order valence-electron chi connectivity index (χ1n) is 1.34. The van der Waals surface area contributed by atoms with Crippen molar-refractivity contribution in [2.75, 3.05) is 5.88 Å². The fraction of sp³-hybridized carbons (Fsp3) is 1.00. The van der Waals surface area contributed by atoms with Crippen molar-refractivity contribution in [3.05, 3.63) is 0 Å². The molecule has 0 rings (SSSR count). The largest absolute Gasteiger partial charge is 0.287 e. The minimum Gasteiger partial charge on any atom is -0.284 e. The molecule has 0 aromatic rings. The van der Waals surface area contributed by atoms with Crippen molar-refractivity contribution < 1.29 is 13.0 Å². The van der Waals surface area contributed by atoms with Gasteiger partial charge in [-0.2, -0.15) is 13.5 Å². The van der Waals surface area contributed by atoms with Gasteiger partial charge in [-0.25, -0.2) is 5.53 Å². The number of hydrogen-bond donors (Lipinski definition) is 2. The highest BCUT2D eigenvalue weighted by molar-refractivity contribution is 7.85. The Morgan fingerprint density at radius 2 is 2.14 bits per heavy atom. The molecule has 0 spiro atoms. The summed E-state index contributed by atoms with van der Waals surface area (Å²) < 4.78 is 26.9. The molecule has 0 aliphatic carbocycles. The predicted molar refractivity (Wildman–Crippen MR) is 21.6 cm³/mol. The lowest BCUT2D eigenvalue weighted by Gasteiger charge is -1.80. The van der Waals surface area contributed by atoms with Crippen LogP contribution < -0.4 is 0 Å². The zero-order valence-electron chi connectivity index (χ0n) is 3.33. The maximum atomic E-state index is 9.57. The van der Waals surface area contributed by atoms with Crippen LogP contribution in [0.5, 0.6) is 0 Å². The second-order valence-corrected chi connectivity index (χ2v) is 2.29. The molecule has 0 aliphatic heterocycles. The third-order valence-corrected chi connectivity index (χ3v) is 0.683. The molecule has 0 aliphatic rings. The Bertz CT molecular complexity index is 146. The summed E-state index contributed by atoms with van der Waals surface area (Å²) in [4.78, 5) is 0. The van der Waals surface area contributed by atoms with Gasteiger partial charge in [0.05, 0.1) is 0 Å². The predicted octanol–water partition coefficient (Wildman–Crippen LogP) is -0.137. The van der Waals surface area contributed by atoms with E-state index < -0.39 is 16.0 Å². The molecule has 0 bridgehead atoms. The highest BCUT2D eigenvalue weighted by atomic mass is 32.2. The van der Waals surface area contributed by atoms with Crippen LogP contribution in [0.25, 0.3) is 0 Å². The molecule has 42 valence electrons. The molecule has 6 heteroatoms. The van der Waals surface area contributed by atoms with Gasteiger partial charge in [0.1, 0.15) is 0 Å². The van der Waals surface area contributed by atoms with E-state index in [1.165, 1.54) is 0 Å². The van der Waals surface area contributed by atoms with Crippen LogP contribution in [0.4, 0.5) is 0 Å². The molecule has 0 fully saturated rings. The van der Waals surface area contributed by atoms with Crippen molar-refractivity contribution in [2.24, 2.45) is 5.11 Å². The van der Waals surface area contributed by atoms with Crippen molar-refractivity contribution in [1.82, 2.24) is 0 Å². The van der Waals surface area contributed by atoms with Gasteiger partial charge in [-0.1, -0.05) is 0 Å². The minimum atomic E-state index is -4.03. The van der Waals surface area contributed by atoms with E-state index in [1.54, 1.807) is 0 Å². The lowest BCUT2D eigenvalue weighted by atomic mass is 11.5. The van der Waals surface area contributed by atoms with Crippen LogP contribution >= 0.6 is 0 Å². The van der Waals surface area contributed by atoms with Gasteiger partial charge >= 0.3 is 0 Å². The Hall–Kier alpha value is -0.490. The molecular weight excluding hydrogens is 120 g/mol. The van der Waals surface area contributed by atoms with Gasteiger partial charge in [0.2, 0.25) is 0 Å². The summed E-state index contributed by atoms with van der Waals surface area (Å²) in [7, 11) is -4.03. The number of rotatable bonds is 2. The minimum absolute atomic E-state index is 0.840. The molecule has 0 aromatic carbocycles. The quantitative estimate of drug-likeness (QED) is 0.396. The van der Waals surface area contributed by atoms with Gasteiger partial charge in [-0.3, -0.25) is 4.55 Å². The van der Waals surface area contributed by atoms with Crippen molar-refractivity contribution in [3.63, 3.8) is 0 Å². The molecule has 0 aromatic heterocycles.